The number of benzene rings is 2. The lowest BCUT2D eigenvalue weighted by Gasteiger charge is -2.12. The predicted octanol–water partition coefficient (Wildman–Crippen LogP) is 4.41. The Labute approximate surface area is 117 Å². The fraction of sp³-hybridized carbons (Fsp3) is 0.200. The smallest absolute Gasteiger partial charge is 0.142 e. The maximum absolute atomic E-state index is 13.3. The van der Waals surface area contributed by atoms with Crippen molar-refractivity contribution in [3.05, 3.63) is 58.4 Å². The maximum Gasteiger partial charge on any atom is 0.142 e. The van der Waals surface area contributed by atoms with Gasteiger partial charge in [-0.05, 0) is 42.3 Å². The molecule has 0 atom stereocenters. The zero-order chi connectivity index (χ0) is 13.8. The summed E-state index contributed by atoms with van der Waals surface area (Å²) in [6.07, 6.45) is 0. The Morgan fingerprint density at radius 2 is 2.05 bits per heavy atom. The van der Waals surface area contributed by atoms with Crippen molar-refractivity contribution in [3.8, 4) is 5.75 Å². The zero-order valence-electron chi connectivity index (χ0n) is 10.8. The van der Waals surface area contributed by atoms with Crippen LogP contribution in [0, 0.1) is 12.7 Å². The van der Waals surface area contributed by atoms with Crippen LogP contribution in [0.4, 0.5) is 10.1 Å². The van der Waals surface area contributed by atoms with Gasteiger partial charge in [-0.3, -0.25) is 0 Å². The molecule has 0 heterocycles. The second-order valence-corrected chi connectivity index (χ2v) is 4.63. The highest BCUT2D eigenvalue weighted by Crippen LogP contribution is 2.24. The molecule has 0 amide bonds. The second-order valence-electron chi connectivity index (χ2n) is 4.25. The van der Waals surface area contributed by atoms with Gasteiger partial charge < -0.3 is 10.1 Å². The van der Waals surface area contributed by atoms with E-state index in [4.69, 9.17) is 16.3 Å². The summed E-state index contributed by atoms with van der Waals surface area (Å²) in [6.45, 7) is 2.46. The highest BCUT2D eigenvalue weighted by Gasteiger charge is 2.06. The first-order valence-corrected chi connectivity index (χ1v) is 6.31. The number of hydrogen-bond donors (Lipinski definition) is 1. The summed E-state index contributed by atoms with van der Waals surface area (Å²) in [7, 11) is 1.63. The first kappa shape index (κ1) is 13.7. The molecule has 0 bridgehead atoms. The van der Waals surface area contributed by atoms with Crippen LogP contribution in [0.15, 0.2) is 36.4 Å². The van der Waals surface area contributed by atoms with E-state index in [1.807, 2.05) is 25.1 Å². The summed E-state index contributed by atoms with van der Waals surface area (Å²) in [6, 6.07) is 10.6. The molecule has 0 aliphatic heterocycles. The third kappa shape index (κ3) is 3.18. The van der Waals surface area contributed by atoms with Crippen molar-refractivity contribution in [3.63, 3.8) is 0 Å². The summed E-state index contributed by atoms with van der Waals surface area (Å²) < 4.78 is 18.5. The Kier molecular flexibility index (Phi) is 4.27. The molecule has 19 heavy (non-hydrogen) atoms. The van der Waals surface area contributed by atoms with E-state index in [2.05, 4.69) is 5.32 Å². The van der Waals surface area contributed by atoms with Crippen LogP contribution >= 0.6 is 11.6 Å². The Balaban J connectivity index is 2.12. The molecule has 0 saturated heterocycles. The Bertz CT molecular complexity index is 586. The fourth-order valence-electron chi connectivity index (χ4n) is 1.84. The van der Waals surface area contributed by atoms with E-state index in [1.165, 1.54) is 6.07 Å². The molecule has 1 N–H and O–H groups in total. The van der Waals surface area contributed by atoms with Gasteiger partial charge in [0.1, 0.15) is 11.6 Å². The zero-order valence-corrected chi connectivity index (χ0v) is 11.6. The highest BCUT2D eigenvalue weighted by molar-refractivity contribution is 6.31. The van der Waals surface area contributed by atoms with Gasteiger partial charge in [0.2, 0.25) is 0 Å². The van der Waals surface area contributed by atoms with Crippen molar-refractivity contribution in [1.29, 1.82) is 0 Å². The van der Waals surface area contributed by atoms with Gasteiger partial charge in [0.15, 0.2) is 0 Å². The Hall–Kier alpha value is -1.74. The van der Waals surface area contributed by atoms with Gasteiger partial charge in [-0.15, -0.1) is 0 Å². The molecule has 0 saturated carbocycles. The van der Waals surface area contributed by atoms with Gasteiger partial charge >= 0.3 is 0 Å². The lowest BCUT2D eigenvalue weighted by atomic mass is 10.1. The molecule has 0 spiro atoms. The lowest BCUT2D eigenvalue weighted by molar-refractivity contribution is 0.414. The molecule has 2 aromatic rings. The first-order valence-electron chi connectivity index (χ1n) is 5.93. The van der Waals surface area contributed by atoms with Gasteiger partial charge in [0.05, 0.1) is 12.1 Å². The van der Waals surface area contributed by atoms with Gasteiger partial charge in [-0.2, -0.15) is 0 Å². The first-order chi connectivity index (χ1) is 9.11. The second kappa shape index (κ2) is 5.93. The monoisotopic (exact) mass is 279 g/mol. The number of hydrogen-bond acceptors (Lipinski definition) is 2. The van der Waals surface area contributed by atoms with Crippen molar-refractivity contribution in [2.24, 2.45) is 0 Å². The van der Waals surface area contributed by atoms with Gasteiger partial charge in [0.25, 0.3) is 0 Å². The van der Waals surface area contributed by atoms with Crippen LogP contribution in [0.3, 0.4) is 0 Å². The summed E-state index contributed by atoms with van der Waals surface area (Å²) >= 11 is 5.91. The van der Waals surface area contributed by atoms with E-state index in [0.29, 0.717) is 6.54 Å². The normalized spacial score (nSPS) is 10.3. The highest BCUT2D eigenvalue weighted by atomic mass is 35.5. The molecule has 0 radical (unpaired) electrons. The van der Waals surface area contributed by atoms with E-state index in [0.717, 1.165) is 22.6 Å². The average molecular weight is 280 g/mol. The maximum atomic E-state index is 13.3. The van der Waals surface area contributed by atoms with Gasteiger partial charge in [-0.1, -0.05) is 23.7 Å². The third-order valence-corrected chi connectivity index (χ3v) is 3.36. The van der Waals surface area contributed by atoms with Crippen molar-refractivity contribution in [2.45, 2.75) is 13.5 Å². The molecule has 2 nitrogen and oxygen atoms in total. The van der Waals surface area contributed by atoms with Crippen LogP contribution in [0.5, 0.6) is 5.75 Å². The minimum absolute atomic E-state index is 0.168. The number of halogens is 2. The molecular weight excluding hydrogens is 265 g/mol. The van der Waals surface area contributed by atoms with Crippen LogP contribution in [0.25, 0.3) is 0 Å². The number of anilines is 1. The molecule has 2 aromatic carbocycles. The Morgan fingerprint density at radius 1 is 1.26 bits per heavy atom. The standard InChI is InChI=1S/C15H15ClFNO/c1-10-8-12(19-2)6-7-14(10)18-9-11-4-3-5-13(17)15(11)16/h3-8,18H,9H2,1-2H3. The largest absolute Gasteiger partial charge is 0.497 e. The molecule has 0 aliphatic carbocycles. The van der Waals surface area contributed by atoms with E-state index in [9.17, 15) is 4.39 Å². The molecule has 2 rings (SSSR count). The van der Waals surface area contributed by atoms with E-state index in [1.54, 1.807) is 19.2 Å². The quantitative estimate of drug-likeness (QED) is 0.895. The van der Waals surface area contributed by atoms with E-state index >= 15 is 0 Å². The molecule has 0 aliphatic rings. The minimum Gasteiger partial charge on any atom is -0.497 e. The van der Waals surface area contributed by atoms with Crippen LogP contribution < -0.4 is 10.1 Å². The number of methoxy groups -OCH3 is 1. The fourth-order valence-corrected chi connectivity index (χ4v) is 2.03. The third-order valence-electron chi connectivity index (χ3n) is 2.93. The molecule has 0 fully saturated rings. The van der Waals surface area contributed by atoms with Gasteiger partial charge in [-0.25, -0.2) is 4.39 Å². The molecular formula is C15H15ClFNO. The Morgan fingerprint density at radius 3 is 2.74 bits per heavy atom. The van der Waals surface area contributed by atoms with Crippen LogP contribution in [-0.2, 0) is 6.54 Å². The summed E-state index contributed by atoms with van der Waals surface area (Å²) in [5, 5.41) is 3.41. The lowest BCUT2D eigenvalue weighted by Crippen LogP contribution is -2.02. The van der Waals surface area contributed by atoms with Crippen molar-refractivity contribution in [1.82, 2.24) is 0 Å². The SMILES string of the molecule is COc1ccc(NCc2cccc(F)c2Cl)c(C)c1. The average Bonchev–Trinajstić information content (AvgIpc) is 2.41. The van der Waals surface area contributed by atoms with Crippen LogP contribution in [0.1, 0.15) is 11.1 Å². The van der Waals surface area contributed by atoms with Crippen molar-refractivity contribution in [2.75, 3.05) is 12.4 Å². The summed E-state index contributed by atoms with van der Waals surface area (Å²) in [5.74, 6) is 0.416. The number of nitrogens with one attached hydrogen (secondary N) is 1. The molecule has 100 valence electrons. The van der Waals surface area contributed by atoms with E-state index in [-0.39, 0.29) is 5.02 Å². The van der Waals surface area contributed by atoms with Crippen molar-refractivity contribution < 1.29 is 9.13 Å². The predicted molar refractivity (Wildman–Crippen MR) is 76.5 cm³/mol. The number of ether oxygens (including phenoxy) is 1. The van der Waals surface area contributed by atoms with Gasteiger partial charge in [0, 0.05) is 12.2 Å². The number of aryl methyl sites for hydroxylation is 1. The molecule has 4 heteroatoms. The van der Waals surface area contributed by atoms with Crippen LogP contribution in [0.2, 0.25) is 5.02 Å². The van der Waals surface area contributed by atoms with Crippen molar-refractivity contribution >= 4 is 17.3 Å². The number of rotatable bonds is 4. The molecule has 0 aromatic heterocycles. The summed E-state index contributed by atoms with van der Waals surface area (Å²) in [4.78, 5) is 0. The molecule has 0 unspecified atom stereocenters. The topological polar surface area (TPSA) is 21.3 Å². The summed E-state index contributed by atoms with van der Waals surface area (Å²) in [5.41, 5.74) is 2.77. The minimum atomic E-state index is -0.396. The van der Waals surface area contributed by atoms with Crippen LogP contribution in [-0.4, -0.2) is 7.11 Å². The van der Waals surface area contributed by atoms with E-state index < -0.39 is 5.82 Å².